The van der Waals surface area contributed by atoms with Crippen molar-refractivity contribution < 1.29 is 9.32 Å². The lowest BCUT2D eigenvalue weighted by molar-refractivity contribution is -0.917. The number of fused-ring (bicyclic) bond motifs is 1. The molecule has 0 aliphatic rings. The summed E-state index contributed by atoms with van der Waals surface area (Å²) in [6.45, 7) is 3.50. The van der Waals surface area contributed by atoms with Gasteiger partial charge in [0.05, 0.1) is 17.3 Å². The van der Waals surface area contributed by atoms with Gasteiger partial charge in [-0.15, -0.1) is 16.4 Å². The third-order valence-electron chi connectivity index (χ3n) is 4.12. The minimum Gasteiger partial charge on any atom is -0.409 e. The zero-order chi connectivity index (χ0) is 18.1. The second kappa shape index (κ2) is 7.11. The first-order valence-corrected chi connectivity index (χ1v) is 9.62. The van der Waals surface area contributed by atoms with Crippen LogP contribution in [0.5, 0.6) is 0 Å². The van der Waals surface area contributed by atoms with Gasteiger partial charge in [-0.05, 0) is 43.4 Å². The Morgan fingerprint density at radius 3 is 2.69 bits per heavy atom. The van der Waals surface area contributed by atoms with Crippen LogP contribution < -0.4 is 4.90 Å². The Hall–Kier alpha value is -2.35. The molecule has 2 aromatic carbocycles. The quantitative estimate of drug-likeness (QED) is 0.536. The van der Waals surface area contributed by atoms with Crippen LogP contribution in [-0.4, -0.2) is 21.8 Å². The zero-order valence-corrected chi connectivity index (χ0v) is 16.2. The third-order valence-corrected chi connectivity index (χ3v) is 5.45. The Morgan fingerprint density at radius 1 is 1.15 bits per heavy atom. The van der Waals surface area contributed by atoms with Gasteiger partial charge in [-0.25, -0.2) is 4.98 Å². The molecule has 0 bridgehead atoms. The second-order valence-corrected chi connectivity index (χ2v) is 7.87. The number of benzene rings is 2. The highest BCUT2D eigenvalue weighted by molar-refractivity contribution is 7.71. The average Bonchev–Trinajstić information content (AvgIpc) is 3.18. The second-order valence-electron chi connectivity index (χ2n) is 6.41. The zero-order valence-electron chi connectivity index (χ0n) is 14.6. The van der Waals surface area contributed by atoms with E-state index in [1.165, 1.54) is 15.2 Å². The summed E-state index contributed by atoms with van der Waals surface area (Å²) in [5.74, 6) is 0.558. The first kappa shape index (κ1) is 17.1. The summed E-state index contributed by atoms with van der Waals surface area (Å²) >= 11 is 7.07. The molecule has 2 heterocycles. The first-order valence-electron chi connectivity index (χ1n) is 8.39. The average molecular weight is 384 g/mol. The maximum absolute atomic E-state index is 5.68. The van der Waals surface area contributed by atoms with Crippen LogP contribution in [-0.2, 0) is 13.2 Å². The summed E-state index contributed by atoms with van der Waals surface area (Å²) in [6, 6.07) is 16.3. The van der Waals surface area contributed by atoms with Crippen LogP contribution in [0.25, 0.3) is 21.7 Å². The smallest absolute Gasteiger partial charge is 0.292 e. The van der Waals surface area contributed by atoms with E-state index in [0.717, 1.165) is 22.6 Å². The number of hydrogen-bond acceptors (Lipinski definition) is 5. The van der Waals surface area contributed by atoms with Crippen molar-refractivity contribution in [1.82, 2.24) is 14.8 Å². The lowest BCUT2D eigenvalue weighted by Gasteiger charge is -2.11. The highest BCUT2D eigenvalue weighted by Gasteiger charge is 2.14. The van der Waals surface area contributed by atoms with Gasteiger partial charge in [-0.3, -0.25) is 0 Å². The summed E-state index contributed by atoms with van der Waals surface area (Å²) in [5.41, 5.74) is 3.19. The number of thiazole rings is 1. The molecule has 1 unspecified atom stereocenters. The van der Waals surface area contributed by atoms with E-state index < -0.39 is 0 Å². The molecule has 0 saturated heterocycles. The van der Waals surface area contributed by atoms with Crippen LogP contribution in [0.4, 0.5) is 0 Å². The molecular weight excluding hydrogens is 364 g/mol. The molecule has 0 saturated carbocycles. The Bertz CT molecular complexity index is 1060. The van der Waals surface area contributed by atoms with E-state index in [0.29, 0.717) is 17.4 Å². The fraction of sp³-hybridized carbons (Fsp3) is 0.211. The van der Waals surface area contributed by atoms with Gasteiger partial charge >= 0.3 is 0 Å². The number of hydrogen-bond donors (Lipinski definition) is 1. The van der Waals surface area contributed by atoms with Gasteiger partial charge in [-0.1, -0.05) is 29.8 Å². The van der Waals surface area contributed by atoms with Crippen LogP contribution in [0.1, 0.15) is 10.6 Å². The van der Waals surface area contributed by atoms with E-state index in [2.05, 4.69) is 25.1 Å². The van der Waals surface area contributed by atoms with Crippen LogP contribution in [0.15, 0.2) is 52.9 Å². The molecule has 0 aliphatic carbocycles. The first-order chi connectivity index (χ1) is 12.6. The summed E-state index contributed by atoms with van der Waals surface area (Å²) in [4.78, 5) is 6.33. The fourth-order valence-corrected chi connectivity index (χ4v) is 4.05. The third kappa shape index (κ3) is 3.60. The Morgan fingerprint density at radius 2 is 1.92 bits per heavy atom. The normalized spacial score (nSPS) is 12.5. The Balaban J connectivity index is 1.49. The van der Waals surface area contributed by atoms with Crippen LogP contribution in [0.2, 0.25) is 0 Å². The van der Waals surface area contributed by atoms with Crippen molar-refractivity contribution in [2.75, 3.05) is 7.05 Å². The maximum atomic E-state index is 5.68. The predicted molar refractivity (Wildman–Crippen MR) is 106 cm³/mol. The van der Waals surface area contributed by atoms with Gasteiger partial charge < -0.3 is 9.32 Å². The van der Waals surface area contributed by atoms with Crippen molar-refractivity contribution in [3.63, 3.8) is 0 Å². The van der Waals surface area contributed by atoms with Gasteiger partial charge in [0.1, 0.15) is 11.6 Å². The summed E-state index contributed by atoms with van der Waals surface area (Å²) in [6.07, 6.45) is 0. The van der Waals surface area contributed by atoms with Gasteiger partial charge in [-0.2, -0.15) is 4.68 Å². The van der Waals surface area contributed by atoms with E-state index in [1.54, 1.807) is 16.0 Å². The Labute approximate surface area is 160 Å². The molecule has 4 aromatic rings. The number of rotatable bonds is 5. The molecule has 5 nitrogen and oxygen atoms in total. The van der Waals surface area contributed by atoms with Crippen LogP contribution in [0, 0.1) is 11.8 Å². The van der Waals surface area contributed by atoms with E-state index in [1.807, 2.05) is 42.5 Å². The molecule has 7 heteroatoms. The van der Waals surface area contributed by atoms with E-state index in [9.17, 15) is 0 Å². The number of aromatic nitrogens is 3. The maximum Gasteiger partial charge on any atom is 0.292 e. The molecule has 0 radical (unpaired) electrons. The van der Waals surface area contributed by atoms with E-state index in [-0.39, 0.29) is 0 Å². The summed E-state index contributed by atoms with van der Waals surface area (Å²) in [7, 11) is 2.11. The monoisotopic (exact) mass is 383 g/mol. The topological polar surface area (TPSA) is 48.3 Å². The summed E-state index contributed by atoms with van der Waals surface area (Å²) < 4.78 is 8.64. The molecule has 1 atom stereocenters. The molecular formula is C19H19N4OS2+. The molecule has 2 aromatic heterocycles. The standard InChI is InChI=1S/C19H18N4OS2/c1-13-7-9-14(10-8-13)18-21-23(19(25)24-18)12-22(2)11-17-20-15-5-3-4-6-16(15)26-17/h3-10H,11-12H2,1-2H3/p+1. The molecule has 4 rings (SSSR count). The van der Waals surface area contributed by atoms with Gasteiger partial charge in [0.25, 0.3) is 4.84 Å². The highest BCUT2D eigenvalue weighted by atomic mass is 32.1. The van der Waals surface area contributed by atoms with Crippen molar-refractivity contribution in [3.05, 3.63) is 63.9 Å². The van der Waals surface area contributed by atoms with E-state index >= 15 is 0 Å². The lowest BCUT2D eigenvalue weighted by atomic mass is 10.1. The number of quaternary nitrogens is 1. The van der Waals surface area contributed by atoms with Crippen molar-refractivity contribution >= 4 is 33.8 Å². The van der Waals surface area contributed by atoms with Gasteiger partial charge in [0.15, 0.2) is 6.67 Å². The largest absolute Gasteiger partial charge is 0.409 e. The van der Waals surface area contributed by atoms with Crippen LogP contribution >= 0.6 is 23.6 Å². The van der Waals surface area contributed by atoms with Crippen molar-refractivity contribution in [2.45, 2.75) is 20.1 Å². The minimum atomic E-state index is 0.393. The molecule has 26 heavy (non-hydrogen) atoms. The number of para-hydroxylation sites is 1. The van der Waals surface area contributed by atoms with Gasteiger partial charge in [0.2, 0.25) is 5.89 Å². The predicted octanol–water partition coefficient (Wildman–Crippen LogP) is 3.46. The SMILES string of the molecule is Cc1ccc(-c2nn(C[NH+](C)Cc3nc4ccccc4s3)c(=S)o2)cc1. The molecule has 0 spiro atoms. The minimum absolute atomic E-state index is 0.393. The molecule has 0 amide bonds. The number of aryl methyl sites for hydroxylation is 1. The highest BCUT2D eigenvalue weighted by Crippen LogP contribution is 2.21. The lowest BCUT2D eigenvalue weighted by Crippen LogP contribution is -3.07. The van der Waals surface area contributed by atoms with Crippen molar-refractivity contribution in [2.24, 2.45) is 0 Å². The molecule has 0 fully saturated rings. The van der Waals surface area contributed by atoms with Crippen molar-refractivity contribution in [3.8, 4) is 11.5 Å². The van der Waals surface area contributed by atoms with Gasteiger partial charge in [0, 0.05) is 5.56 Å². The van der Waals surface area contributed by atoms with Crippen LogP contribution in [0.3, 0.4) is 0 Å². The molecule has 0 aliphatic heterocycles. The molecule has 132 valence electrons. The fourth-order valence-electron chi connectivity index (χ4n) is 2.78. The van der Waals surface area contributed by atoms with E-state index in [4.69, 9.17) is 21.6 Å². The Kier molecular flexibility index (Phi) is 4.67. The summed E-state index contributed by atoms with van der Waals surface area (Å²) in [5, 5.41) is 5.65. The van der Waals surface area contributed by atoms with Crippen molar-refractivity contribution in [1.29, 1.82) is 0 Å². The number of nitrogens with one attached hydrogen (secondary N) is 1. The molecule has 1 N–H and O–H groups in total. The number of nitrogens with zero attached hydrogens (tertiary/aromatic N) is 3.